The molecule has 9 nitrogen and oxygen atoms in total. The zero-order valence-corrected chi connectivity index (χ0v) is 21.0. The maximum absolute atomic E-state index is 13.1. The van der Waals surface area contributed by atoms with Gasteiger partial charge in [0.25, 0.3) is 5.56 Å². The molecule has 2 N–H and O–H groups in total. The van der Waals surface area contributed by atoms with E-state index in [9.17, 15) is 19.5 Å². The summed E-state index contributed by atoms with van der Waals surface area (Å²) < 4.78 is 2.72. The van der Waals surface area contributed by atoms with Crippen LogP contribution >= 0.6 is 11.6 Å². The third kappa shape index (κ3) is 7.05. The Morgan fingerprint density at radius 2 is 1.77 bits per heavy atom. The molecule has 0 aliphatic carbocycles. The second-order valence-electron chi connectivity index (χ2n) is 8.66. The number of H-pyrrole nitrogens is 1. The lowest BCUT2D eigenvalue weighted by Crippen LogP contribution is -2.40. The number of nitrogens with zero attached hydrogens (tertiary/aromatic N) is 4. The molecular formula is C25H34ClN5O4. The first-order valence-corrected chi connectivity index (χ1v) is 12.7. The van der Waals surface area contributed by atoms with Crippen molar-refractivity contribution in [2.24, 2.45) is 0 Å². The maximum atomic E-state index is 13.1. The van der Waals surface area contributed by atoms with Crippen LogP contribution < -0.4 is 11.2 Å². The summed E-state index contributed by atoms with van der Waals surface area (Å²) in [7, 11) is 0. The highest BCUT2D eigenvalue weighted by Crippen LogP contribution is 2.12. The molecule has 0 unspecified atom stereocenters. The van der Waals surface area contributed by atoms with E-state index >= 15 is 0 Å². The van der Waals surface area contributed by atoms with Crippen LogP contribution in [0.3, 0.4) is 0 Å². The molecule has 0 fully saturated rings. The van der Waals surface area contributed by atoms with Crippen LogP contribution in [0.2, 0.25) is 5.28 Å². The Labute approximate surface area is 209 Å². The van der Waals surface area contributed by atoms with Gasteiger partial charge in [-0.15, -0.1) is 0 Å². The molecule has 3 rings (SSSR count). The monoisotopic (exact) mass is 503 g/mol. The van der Waals surface area contributed by atoms with Crippen molar-refractivity contribution < 1.29 is 9.90 Å². The minimum Gasteiger partial charge on any atom is -0.396 e. The van der Waals surface area contributed by atoms with Crippen molar-refractivity contribution >= 4 is 28.7 Å². The molecule has 10 heteroatoms. The van der Waals surface area contributed by atoms with Crippen molar-refractivity contribution in [3.63, 3.8) is 0 Å². The Hall–Kier alpha value is -2.91. The van der Waals surface area contributed by atoms with E-state index in [2.05, 4.69) is 16.9 Å². The first kappa shape index (κ1) is 26.7. The molecule has 1 aromatic carbocycles. The summed E-state index contributed by atoms with van der Waals surface area (Å²) in [6.07, 6.45) is 4.62. The van der Waals surface area contributed by atoms with Crippen molar-refractivity contribution in [1.82, 2.24) is 24.0 Å². The number of fused-ring (bicyclic) bond motifs is 1. The molecule has 0 saturated heterocycles. The minimum absolute atomic E-state index is 0.0116. The number of aliphatic hydroxyl groups is 1. The molecule has 2 aromatic heterocycles. The van der Waals surface area contributed by atoms with Crippen molar-refractivity contribution in [1.29, 1.82) is 0 Å². The molecule has 0 radical (unpaired) electrons. The lowest BCUT2D eigenvalue weighted by Gasteiger charge is -2.22. The fraction of sp³-hybridized carbons (Fsp3) is 0.520. The second kappa shape index (κ2) is 13.3. The predicted molar refractivity (Wildman–Crippen MR) is 137 cm³/mol. The van der Waals surface area contributed by atoms with E-state index in [1.807, 2.05) is 30.3 Å². The van der Waals surface area contributed by atoms with Gasteiger partial charge in [-0.05, 0) is 42.8 Å². The summed E-state index contributed by atoms with van der Waals surface area (Å²) in [5.74, 6) is -0.0116. The average Bonchev–Trinajstić information content (AvgIpc) is 3.25. The van der Waals surface area contributed by atoms with Crippen LogP contribution in [0.25, 0.3) is 11.2 Å². The number of aliphatic hydroxyl groups excluding tert-OH is 1. The molecule has 2 heterocycles. The molecule has 0 aliphatic rings. The van der Waals surface area contributed by atoms with Gasteiger partial charge in [0.05, 0.1) is 0 Å². The zero-order valence-electron chi connectivity index (χ0n) is 20.2. The van der Waals surface area contributed by atoms with Gasteiger partial charge >= 0.3 is 5.69 Å². The summed E-state index contributed by atoms with van der Waals surface area (Å²) in [4.78, 5) is 47.5. The summed E-state index contributed by atoms with van der Waals surface area (Å²) >= 11 is 5.99. The van der Waals surface area contributed by atoms with Crippen molar-refractivity contribution in [3.8, 4) is 0 Å². The number of halogens is 1. The molecule has 0 saturated carbocycles. The van der Waals surface area contributed by atoms with Gasteiger partial charge in [0.1, 0.15) is 0 Å². The lowest BCUT2D eigenvalue weighted by molar-refractivity contribution is -0.132. The molecule has 190 valence electrons. The molecule has 1 amide bonds. The Morgan fingerprint density at radius 3 is 2.49 bits per heavy atom. The molecule has 35 heavy (non-hydrogen) atoms. The number of hydrogen-bond donors (Lipinski definition) is 2. The standard InChI is InChI=1S/C25H34ClN5O4/c1-2-3-8-15-30-22-21(27-24(26)28-22)23(34)31(25(30)35)16-9-7-13-20(33)29(14-10-17-32)18-19-11-5-4-6-12-19/h4-6,11-12,32H,2-3,7-10,13-18H2,1H3,(H,27,28). The van der Waals surface area contributed by atoms with E-state index in [4.69, 9.17) is 11.6 Å². The van der Waals surface area contributed by atoms with Crippen molar-refractivity contribution in [2.75, 3.05) is 13.2 Å². The van der Waals surface area contributed by atoms with Gasteiger partial charge in [0, 0.05) is 39.2 Å². The number of aromatic amines is 1. The molecule has 0 atom stereocenters. The number of carbonyl (C=O) groups is 1. The minimum atomic E-state index is -0.448. The van der Waals surface area contributed by atoms with Gasteiger partial charge in [-0.2, -0.15) is 4.98 Å². The zero-order chi connectivity index (χ0) is 25.2. The number of amides is 1. The van der Waals surface area contributed by atoms with E-state index in [1.54, 1.807) is 4.90 Å². The van der Waals surface area contributed by atoms with Crippen LogP contribution in [0.1, 0.15) is 57.4 Å². The number of aromatic nitrogens is 4. The first-order chi connectivity index (χ1) is 17.0. The third-order valence-corrected chi connectivity index (χ3v) is 6.17. The van der Waals surface area contributed by atoms with Gasteiger partial charge < -0.3 is 15.0 Å². The van der Waals surface area contributed by atoms with E-state index in [0.29, 0.717) is 45.3 Å². The fourth-order valence-electron chi connectivity index (χ4n) is 4.12. The summed E-state index contributed by atoms with van der Waals surface area (Å²) in [5, 5.41) is 9.28. The third-order valence-electron chi connectivity index (χ3n) is 6.00. The van der Waals surface area contributed by atoms with Gasteiger partial charge in [-0.3, -0.25) is 18.7 Å². The average molecular weight is 504 g/mol. The van der Waals surface area contributed by atoms with Crippen LogP contribution in [0.5, 0.6) is 0 Å². The first-order valence-electron chi connectivity index (χ1n) is 12.3. The largest absolute Gasteiger partial charge is 0.396 e. The summed E-state index contributed by atoms with van der Waals surface area (Å²) in [6, 6.07) is 9.72. The number of hydrogen-bond acceptors (Lipinski definition) is 5. The number of benzene rings is 1. The van der Waals surface area contributed by atoms with E-state index < -0.39 is 11.2 Å². The van der Waals surface area contributed by atoms with Crippen LogP contribution in [-0.2, 0) is 24.4 Å². The van der Waals surface area contributed by atoms with Gasteiger partial charge in [-0.1, -0.05) is 50.1 Å². The highest BCUT2D eigenvalue weighted by Gasteiger charge is 2.17. The molecule has 0 bridgehead atoms. The van der Waals surface area contributed by atoms with Gasteiger partial charge in [-0.25, -0.2) is 4.79 Å². The fourth-order valence-corrected chi connectivity index (χ4v) is 4.29. The second-order valence-corrected chi connectivity index (χ2v) is 9.02. The van der Waals surface area contributed by atoms with Crippen LogP contribution in [-0.4, -0.2) is 48.2 Å². The van der Waals surface area contributed by atoms with Crippen molar-refractivity contribution in [2.45, 2.75) is 71.5 Å². The van der Waals surface area contributed by atoms with Crippen LogP contribution in [0.15, 0.2) is 39.9 Å². The number of imidazole rings is 1. The van der Waals surface area contributed by atoms with Crippen LogP contribution in [0, 0.1) is 0 Å². The Balaban J connectivity index is 1.67. The SMILES string of the molecule is CCCCCn1c(=O)n(CCCCC(=O)N(CCCO)Cc2ccccc2)c(=O)c2[nH]c(Cl)nc21. The lowest BCUT2D eigenvalue weighted by atomic mass is 10.1. The summed E-state index contributed by atoms with van der Waals surface area (Å²) in [6.45, 7) is 3.73. The number of carbonyl (C=O) groups excluding carboxylic acids is 1. The Kier molecular flexibility index (Phi) is 10.1. The van der Waals surface area contributed by atoms with E-state index in [1.165, 1.54) is 9.13 Å². The van der Waals surface area contributed by atoms with E-state index in [0.717, 1.165) is 24.8 Å². The molecular weight excluding hydrogens is 470 g/mol. The molecule has 3 aromatic rings. The number of unbranched alkanes of at least 4 members (excludes halogenated alkanes) is 3. The highest BCUT2D eigenvalue weighted by molar-refractivity contribution is 6.28. The van der Waals surface area contributed by atoms with Gasteiger partial charge in [0.15, 0.2) is 11.2 Å². The normalized spacial score (nSPS) is 11.3. The quantitative estimate of drug-likeness (QED) is 0.259. The topological polar surface area (TPSA) is 113 Å². The molecule has 0 aliphatic heterocycles. The highest BCUT2D eigenvalue weighted by atomic mass is 35.5. The summed E-state index contributed by atoms with van der Waals surface area (Å²) in [5.41, 5.74) is 0.687. The van der Waals surface area contributed by atoms with Crippen LogP contribution in [0.4, 0.5) is 0 Å². The van der Waals surface area contributed by atoms with Crippen molar-refractivity contribution in [3.05, 3.63) is 62.0 Å². The predicted octanol–water partition coefficient (Wildman–Crippen LogP) is 3.31. The Bertz CT molecular complexity index is 1220. The number of rotatable bonds is 14. The van der Waals surface area contributed by atoms with Gasteiger partial charge in [0.2, 0.25) is 11.2 Å². The number of nitrogens with one attached hydrogen (secondary N) is 1. The molecule has 0 spiro atoms. The maximum Gasteiger partial charge on any atom is 0.332 e. The Morgan fingerprint density at radius 1 is 1.06 bits per heavy atom. The number of aryl methyl sites for hydroxylation is 1. The van der Waals surface area contributed by atoms with E-state index in [-0.39, 0.29) is 35.5 Å². The smallest absolute Gasteiger partial charge is 0.332 e.